The van der Waals surface area contributed by atoms with Gasteiger partial charge < -0.3 is 11.1 Å². The van der Waals surface area contributed by atoms with Crippen LogP contribution >= 0.6 is 0 Å². The molecule has 3 N–H and O–H groups in total. The summed E-state index contributed by atoms with van der Waals surface area (Å²) in [6, 6.07) is 0.488. The molecule has 1 aromatic heterocycles. The van der Waals surface area contributed by atoms with Crippen molar-refractivity contribution in [3.63, 3.8) is 0 Å². The van der Waals surface area contributed by atoms with E-state index in [0.29, 0.717) is 12.8 Å². The summed E-state index contributed by atoms with van der Waals surface area (Å²) in [6.45, 7) is 0. The van der Waals surface area contributed by atoms with Crippen LogP contribution < -0.4 is 11.1 Å². The number of carbonyl (C=O) groups excluding carboxylic acids is 1. The maximum absolute atomic E-state index is 12.6. The molecule has 2 atom stereocenters. The van der Waals surface area contributed by atoms with Gasteiger partial charge in [-0.25, -0.2) is 9.97 Å². The molecule has 8 heteroatoms. The molecule has 1 aliphatic carbocycles. The van der Waals surface area contributed by atoms with E-state index in [0.717, 1.165) is 25.1 Å². The number of hydrogen-bond donors (Lipinski definition) is 2. The Morgan fingerprint density at radius 3 is 2.70 bits per heavy atom. The zero-order valence-electron chi connectivity index (χ0n) is 10.7. The number of nitrogens with zero attached hydrogens (tertiary/aromatic N) is 2. The van der Waals surface area contributed by atoms with E-state index in [1.165, 1.54) is 0 Å². The van der Waals surface area contributed by atoms with Crippen molar-refractivity contribution in [1.82, 2.24) is 9.97 Å². The van der Waals surface area contributed by atoms with Crippen molar-refractivity contribution in [1.29, 1.82) is 0 Å². The van der Waals surface area contributed by atoms with E-state index in [2.05, 4.69) is 15.3 Å². The molecule has 20 heavy (non-hydrogen) atoms. The smallest absolute Gasteiger partial charge is 0.369 e. The molecule has 1 amide bonds. The van der Waals surface area contributed by atoms with Crippen LogP contribution in [0.4, 0.5) is 19.1 Å². The Balaban J connectivity index is 2.14. The molecule has 0 bridgehead atoms. The average molecular weight is 288 g/mol. The molecule has 1 fully saturated rings. The van der Waals surface area contributed by atoms with Gasteiger partial charge in [0.1, 0.15) is 5.69 Å². The first-order chi connectivity index (χ1) is 9.38. The highest BCUT2D eigenvalue weighted by molar-refractivity contribution is 5.78. The third kappa shape index (κ3) is 3.37. The fourth-order valence-corrected chi connectivity index (χ4v) is 2.40. The lowest BCUT2D eigenvalue weighted by Gasteiger charge is -2.29. The maximum atomic E-state index is 12.6. The van der Waals surface area contributed by atoms with Gasteiger partial charge in [0.15, 0.2) is 0 Å². The molecule has 0 aromatic carbocycles. The maximum Gasteiger partial charge on any atom is 0.433 e. The number of amides is 1. The van der Waals surface area contributed by atoms with Crippen molar-refractivity contribution in [2.45, 2.75) is 37.9 Å². The SMILES string of the molecule is NC(=O)[C@@H]1CCCC[C@@H]1Nc1nccc(C(F)(F)F)n1. The van der Waals surface area contributed by atoms with Gasteiger partial charge in [-0.1, -0.05) is 12.8 Å². The largest absolute Gasteiger partial charge is 0.433 e. The van der Waals surface area contributed by atoms with Crippen LogP contribution in [0, 0.1) is 5.92 Å². The quantitative estimate of drug-likeness (QED) is 0.890. The van der Waals surface area contributed by atoms with Crippen molar-refractivity contribution in [2.24, 2.45) is 11.7 Å². The molecule has 1 aromatic rings. The number of carbonyl (C=O) groups is 1. The highest BCUT2D eigenvalue weighted by Crippen LogP contribution is 2.29. The lowest BCUT2D eigenvalue weighted by atomic mass is 9.84. The third-order valence-electron chi connectivity index (χ3n) is 3.39. The van der Waals surface area contributed by atoms with Gasteiger partial charge in [0.05, 0.1) is 5.92 Å². The summed E-state index contributed by atoms with van der Waals surface area (Å²) in [6.07, 6.45) is -0.413. The van der Waals surface area contributed by atoms with Gasteiger partial charge in [-0.15, -0.1) is 0 Å². The minimum atomic E-state index is -4.52. The van der Waals surface area contributed by atoms with Crippen LogP contribution in [0.15, 0.2) is 12.3 Å². The topological polar surface area (TPSA) is 80.9 Å². The fraction of sp³-hybridized carbons (Fsp3) is 0.583. The molecule has 0 aliphatic heterocycles. The molecule has 1 heterocycles. The standard InChI is InChI=1S/C12H15F3N4O/c13-12(14,15)9-5-6-17-11(19-9)18-8-4-2-1-3-7(8)10(16)20/h5-8H,1-4H2,(H2,16,20)(H,17,18,19)/t7-,8+/m1/s1. The molecule has 5 nitrogen and oxygen atoms in total. The number of halogens is 3. The first-order valence-electron chi connectivity index (χ1n) is 6.34. The number of nitrogens with one attached hydrogen (secondary N) is 1. The van der Waals surface area contributed by atoms with Crippen LogP contribution in [0.25, 0.3) is 0 Å². The zero-order valence-corrected chi connectivity index (χ0v) is 10.7. The Hall–Kier alpha value is -1.86. The van der Waals surface area contributed by atoms with Crippen LogP contribution in [0.3, 0.4) is 0 Å². The van der Waals surface area contributed by atoms with Gasteiger partial charge in [0.25, 0.3) is 0 Å². The fourth-order valence-electron chi connectivity index (χ4n) is 2.40. The number of alkyl halides is 3. The minimum absolute atomic E-state index is 0.127. The monoisotopic (exact) mass is 288 g/mol. The normalized spacial score (nSPS) is 23.4. The summed E-state index contributed by atoms with van der Waals surface area (Å²) in [5.74, 6) is -0.978. The Bertz CT molecular complexity index is 492. The molecule has 1 saturated carbocycles. The van der Waals surface area contributed by atoms with Gasteiger partial charge in [0.2, 0.25) is 11.9 Å². The Morgan fingerprint density at radius 1 is 1.35 bits per heavy atom. The van der Waals surface area contributed by atoms with E-state index in [4.69, 9.17) is 5.73 Å². The van der Waals surface area contributed by atoms with Crippen LogP contribution in [-0.2, 0) is 11.0 Å². The number of aromatic nitrogens is 2. The Morgan fingerprint density at radius 2 is 2.05 bits per heavy atom. The van der Waals surface area contributed by atoms with E-state index in [9.17, 15) is 18.0 Å². The summed E-state index contributed by atoms with van der Waals surface area (Å²) in [7, 11) is 0. The van der Waals surface area contributed by atoms with Gasteiger partial charge in [-0.05, 0) is 18.9 Å². The van der Waals surface area contributed by atoms with Crippen molar-refractivity contribution in [2.75, 3.05) is 5.32 Å². The number of nitrogens with two attached hydrogens (primary N) is 1. The van der Waals surface area contributed by atoms with E-state index in [-0.39, 0.29) is 12.0 Å². The zero-order chi connectivity index (χ0) is 14.8. The molecule has 2 rings (SSSR count). The molecule has 110 valence electrons. The molecule has 0 saturated heterocycles. The summed E-state index contributed by atoms with van der Waals surface area (Å²) in [5, 5.41) is 2.80. The third-order valence-corrected chi connectivity index (χ3v) is 3.39. The van der Waals surface area contributed by atoms with E-state index in [1.807, 2.05) is 0 Å². The number of primary amides is 1. The Kier molecular flexibility index (Phi) is 4.10. The van der Waals surface area contributed by atoms with E-state index >= 15 is 0 Å². The Labute approximate surface area is 113 Å². The number of rotatable bonds is 3. The molecule has 0 spiro atoms. The van der Waals surface area contributed by atoms with Crippen LogP contribution in [-0.4, -0.2) is 21.9 Å². The lowest BCUT2D eigenvalue weighted by Crippen LogP contribution is -2.41. The van der Waals surface area contributed by atoms with Gasteiger partial charge in [0, 0.05) is 12.2 Å². The average Bonchev–Trinajstić information content (AvgIpc) is 2.38. The summed E-state index contributed by atoms with van der Waals surface area (Å²) < 4.78 is 37.7. The van der Waals surface area contributed by atoms with Crippen LogP contribution in [0.1, 0.15) is 31.4 Å². The molecule has 0 unspecified atom stereocenters. The van der Waals surface area contributed by atoms with Crippen molar-refractivity contribution in [3.8, 4) is 0 Å². The second-order valence-electron chi connectivity index (χ2n) is 4.81. The number of anilines is 1. The van der Waals surface area contributed by atoms with Crippen LogP contribution in [0.2, 0.25) is 0 Å². The van der Waals surface area contributed by atoms with E-state index in [1.54, 1.807) is 0 Å². The predicted molar refractivity (Wildman–Crippen MR) is 65.6 cm³/mol. The predicted octanol–water partition coefficient (Wildman–Crippen LogP) is 1.95. The number of hydrogen-bond acceptors (Lipinski definition) is 4. The van der Waals surface area contributed by atoms with E-state index < -0.39 is 23.7 Å². The second-order valence-corrected chi connectivity index (χ2v) is 4.81. The highest BCUT2D eigenvalue weighted by Gasteiger charge is 2.34. The highest BCUT2D eigenvalue weighted by atomic mass is 19.4. The first kappa shape index (κ1) is 14.5. The van der Waals surface area contributed by atoms with Crippen molar-refractivity contribution >= 4 is 11.9 Å². The molecule has 1 aliphatic rings. The molecular formula is C12H15F3N4O. The van der Waals surface area contributed by atoms with Gasteiger partial charge in [-0.3, -0.25) is 4.79 Å². The van der Waals surface area contributed by atoms with Crippen molar-refractivity contribution < 1.29 is 18.0 Å². The van der Waals surface area contributed by atoms with Gasteiger partial charge in [-0.2, -0.15) is 13.2 Å². The molecule has 0 radical (unpaired) electrons. The lowest BCUT2D eigenvalue weighted by molar-refractivity contribution is -0.141. The van der Waals surface area contributed by atoms with Crippen LogP contribution in [0.5, 0.6) is 0 Å². The first-order valence-corrected chi connectivity index (χ1v) is 6.34. The van der Waals surface area contributed by atoms with Crippen molar-refractivity contribution in [3.05, 3.63) is 18.0 Å². The summed E-state index contributed by atoms with van der Waals surface area (Å²) in [5.41, 5.74) is 4.30. The summed E-state index contributed by atoms with van der Waals surface area (Å²) >= 11 is 0. The van der Waals surface area contributed by atoms with Gasteiger partial charge >= 0.3 is 6.18 Å². The molecular weight excluding hydrogens is 273 g/mol. The second kappa shape index (κ2) is 5.64. The minimum Gasteiger partial charge on any atom is -0.369 e. The summed E-state index contributed by atoms with van der Waals surface area (Å²) in [4.78, 5) is 18.5.